The summed E-state index contributed by atoms with van der Waals surface area (Å²) < 4.78 is 5.44. The van der Waals surface area contributed by atoms with Gasteiger partial charge in [0.1, 0.15) is 0 Å². The van der Waals surface area contributed by atoms with Gasteiger partial charge in [-0.05, 0) is 25.2 Å². The molecule has 2 heterocycles. The van der Waals surface area contributed by atoms with Crippen LogP contribution in [0, 0.1) is 5.92 Å². The summed E-state index contributed by atoms with van der Waals surface area (Å²) in [6, 6.07) is 0.936. The normalized spacial score (nSPS) is 32.8. The average Bonchev–Trinajstić information content (AvgIpc) is 3.07. The molecule has 0 aromatic rings. The zero-order valence-electron chi connectivity index (χ0n) is 11.6. The number of urea groups is 1. The molecular formula is C14H25N3O2. The molecule has 3 fully saturated rings. The Bertz CT molecular complexity index is 312. The number of nitrogens with one attached hydrogen (secondary N) is 2. The van der Waals surface area contributed by atoms with Gasteiger partial charge in [-0.1, -0.05) is 12.8 Å². The number of ether oxygens (including phenoxy) is 1. The third-order valence-electron chi connectivity index (χ3n) is 4.73. The van der Waals surface area contributed by atoms with Crippen LogP contribution in [-0.4, -0.2) is 55.9 Å². The van der Waals surface area contributed by atoms with E-state index >= 15 is 0 Å². The van der Waals surface area contributed by atoms with Gasteiger partial charge in [0.05, 0.1) is 19.3 Å². The van der Waals surface area contributed by atoms with E-state index in [4.69, 9.17) is 4.74 Å². The molecule has 19 heavy (non-hydrogen) atoms. The lowest BCUT2D eigenvalue weighted by atomic mass is 9.99. The van der Waals surface area contributed by atoms with Crippen molar-refractivity contribution >= 4 is 6.03 Å². The van der Waals surface area contributed by atoms with E-state index in [0.717, 1.165) is 39.3 Å². The van der Waals surface area contributed by atoms with Crippen LogP contribution in [0.1, 0.15) is 32.1 Å². The van der Waals surface area contributed by atoms with Gasteiger partial charge in [0.25, 0.3) is 0 Å². The van der Waals surface area contributed by atoms with Crippen LogP contribution in [0.3, 0.4) is 0 Å². The van der Waals surface area contributed by atoms with Crippen LogP contribution in [0.15, 0.2) is 0 Å². The summed E-state index contributed by atoms with van der Waals surface area (Å²) in [6.07, 6.45) is 6.24. The summed E-state index contributed by atoms with van der Waals surface area (Å²) >= 11 is 0. The van der Waals surface area contributed by atoms with E-state index in [2.05, 4.69) is 10.6 Å². The van der Waals surface area contributed by atoms with Gasteiger partial charge in [-0.2, -0.15) is 0 Å². The number of carbonyl (C=O) groups excluding carboxylic acids is 1. The molecule has 1 aliphatic carbocycles. The molecular weight excluding hydrogens is 242 g/mol. The number of carbonyl (C=O) groups is 1. The van der Waals surface area contributed by atoms with E-state index in [1.807, 2.05) is 4.90 Å². The Morgan fingerprint density at radius 1 is 1.32 bits per heavy atom. The van der Waals surface area contributed by atoms with Crippen LogP contribution in [-0.2, 0) is 4.74 Å². The number of morpholine rings is 1. The van der Waals surface area contributed by atoms with Crippen LogP contribution in [0.2, 0.25) is 0 Å². The average molecular weight is 267 g/mol. The fourth-order valence-corrected chi connectivity index (χ4v) is 3.55. The highest BCUT2D eigenvalue weighted by Crippen LogP contribution is 2.29. The van der Waals surface area contributed by atoms with Crippen molar-refractivity contribution in [3.05, 3.63) is 0 Å². The molecule has 5 heteroatoms. The van der Waals surface area contributed by atoms with Gasteiger partial charge in [0.2, 0.25) is 0 Å². The number of nitrogens with zero attached hydrogens (tertiary/aromatic N) is 1. The molecule has 5 nitrogen and oxygen atoms in total. The van der Waals surface area contributed by atoms with Gasteiger partial charge in [-0.15, -0.1) is 0 Å². The first-order valence-corrected chi connectivity index (χ1v) is 7.69. The van der Waals surface area contributed by atoms with E-state index in [0.29, 0.717) is 18.0 Å². The lowest BCUT2D eigenvalue weighted by Gasteiger charge is -2.25. The largest absolute Gasteiger partial charge is 0.379 e. The maximum absolute atomic E-state index is 12.0. The van der Waals surface area contributed by atoms with Gasteiger partial charge in [0, 0.05) is 25.7 Å². The van der Waals surface area contributed by atoms with Crippen molar-refractivity contribution in [2.24, 2.45) is 5.92 Å². The molecule has 2 saturated heterocycles. The maximum atomic E-state index is 12.0. The summed E-state index contributed by atoms with van der Waals surface area (Å²) in [5, 5.41) is 6.61. The minimum Gasteiger partial charge on any atom is -0.379 e. The fraction of sp³-hybridized carbons (Fsp3) is 0.929. The molecule has 2 atom stereocenters. The first-order chi connectivity index (χ1) is 9.33. The van der Waals surface area contributed by atoms with Crippen LogP contribution in [0.25, 0.3) is 0 Å². The van der Waals surface area contributed by atoms with E-state index in [-0.39, 0.29) is 6.03 Å². The number of rotatable bonds is 4. The van der Waals surface area contributed by atoms with E-state index in [1.165, 1.54) is 25.7 Å². The highest BCUT2D eigenvalue weighted by atomic mass is 16.5. The van der Waals surface area contributed by atoms with Crippen LogP contribution in [0.4, 0.5) is 4.79 Å². The second kappa shape index (κ2) is 6.09. The maximum Gasteiger partial charge on any atom is 0.317 e. The summed E-state index contributed by atoms with van der Waals surface area (Å²) in [4.78, 5) is 14.0. The predicted molar refractivity (Wildman–Crippen MR) is 73.1 cm³/mol. The molecule has 0 aromatic heterocycles. The highest BCUT2D eigenvalue weighted by molar-refractivity contribution is 5.76. The minimum atomic E-state index is 0.133. The summed E-state index contributed by atoms with van der Waals surface area (Å²) in [5.74, 6) is 0.713. The Labute approximate surface area is 115 Å². The monoisotopic (exact) mass is 267 g/mol. The standard InChI is InChI=1S/C14H25N3O2/c18-14-16-13(11-3-1-2-4-11)9-17(14)7-5-12-10-19-8-6-15-12/h11-13,15H,1-10H2,(H,16,18). The topological polar surface area (TPSA) is 53.6 Å². The summed E-state index contributed by atoms with van der Waals surface area (Å²) in [7, 11) is 0. The highest BCUT2D eigenvalue weighted by Gasteiger charge is 2.35. The van der Waals surface area contributed by atoms with Crippen molar-refractivity contribution in [1.82, 2.24) is 15.5 Å². The van der Waals surface area contributed by atoms with Crippen molar-refractivity contribution in [2.45, 2.75) is 44.2 Å². The molecule has 2 aliphatic heterocycles. The Hall–Kier alpha value is -0.810. The van der Waals surface area contributed by atoms with E-state index in [9.17, 15) is 4.79 Å². The minimum absolute atomic E-state index is 0.133. The molecule has 0 bridgehead atoms. The van der Waals surface area contributed by atoms with Crippen LogP contribution >= 0.6 is 0 Å². The summed E-state index contributed by atoms with van der Waals surface area (Å²) in [6.45, 7) is 4.26. The fourth-order valence-electron chi connectivity index (χ4n) is 3.55. The first kappa shape index (κ1) is 13.2. The van der Waals surface area contributed by atoms with E-state index in [1.54, 1.807) is 0 Å². The van der Waals surface area contributed by atoms with Crippen molar-refractivity contribution in [2.75, 3.05) is 32.8 Å². The smallest absolute Gasteiger partial charge is 0.317 e. The molecule has 2 N–H and O–H groups in total. The third kappa shape index (κ3) is 3.20. The first-order valence-electron chi connectivity index (χ1n) is 7.69. The number of amides is 2. The number of hydrogen-bond donors (Lipinski definition) is 2. The molecule has 0 radical (unpaired) electrons. The molecule has 2 unspecified atom stereocenters. The molecule has 3 aliphatic rings. The SMILES string of the molecule is O=C1NC(C2CCCC2)CN1CCC1COCCN1. The zero-order valence-corrected chi connectivity index (χ0v) is 11.6. The molecule has 3 rings (SSSR count). The number of hydrogen-bond acceptors (Lipinski definition) is 3. The van der Waals surface area contributed by atoms with Gasteiger partial charge in [0.15, 0.2) is 0 Å². The zero-order chi connectivity index (χ0) is 13.1. The van der Waals surface area contributed by atoms with Gasteiger partial charge >= 0.3 is 6.03 Å². The van der Waals surface area contributed by atoms with Crippen LogP contribution in [0.5, 0.6) is 0 Å². The van der Waals surface area contributed by atoms with Crippen molar-refractivity contribution < 1.29 is 9.53 Å². The van der Waals surface area contributed by atoms with Crippen molar-refractivity contribution in [3.8, 4) is 0 Å². The molecule has 0 aromatic carbocycles. The lowest BCUT2D eigenvalue weighted by molar-refractivity contribution is 0.0717. The second-order valence-electron chi connectivity index (χ2n) is 6.06. The Kier molecular flexibility index (Phi) is 4.23. The van der Waals surface area contributed by atoms with Crippen LogP contribution < -0.4 is 10.6 Å². The third-order valence-corrected chi connectivity index (χ3v) is 4.73. The Morgan fingerprint density at radius 3 is 2.89 bits per heavy atom. The van der Waals surface area contributed by atoms with Gasteiger partial charge in [-0.25, -0.2) is 4.79 Å². The molecule has 0 spiro atoms. The quantitative estimate of drug-likeness (QED) is 0.797. The second-order valence-corrected chi connectivity index (χ2v) is 6.06. The van der Waals surface area contributed by atoms with Crippen molar-refractivity contribution in [1.29, 1.82) is 0 Å². The van der Waals surface area contributed by atoms with Crippen molar-refractivity contribution in [3.63, 3.8) is 0 Å². The Morgan fingerprint density at radius 2 is 2.16 bits per heavy atom. The summed E-state index contributed by atoms with van der Waals surface area (Å²) in [5.41, 5.74) is 0. The molecule has 108 valence electrons. The molecule has 1 saturated carbocycles. The Balaban J connectivity index is 1.44. The van der Waals surface area contributed by atoms with Gasteiger partial charge in [-0.3, -0.25) is 0 Å². The predicted octanol–water partition coefficient (Wildman–Crippen LogP) is 0.949. The lowest BCUT2D eigenvalue weighted by Crippen LogP contribution is -2.43. The van der Waals surface area contributed by atoms with Gasteiger partial charge < -0.3 is 20.3 Å². The van der Waals surface area contributed by atoms with E-state index < -0.39 is 0 Å². The molecule has 2 amide bonds.